The standard InChI is InChI=1S/C16H16BFN4O2/c17-11-9-20-22-14(19-7-3-6-15(23)24)8-13(21-16(11)22)10-4-1-2-5-12(10)18/h1-2,4-5,8-9,19H,3,6-7,17H2,(H,23,24). The SMILES string of the molecule is Bc1cnn2c(NCCCC(=O)O)cc(-c3ccccc3F)nc12. The molecule has 8 heteroatoms. The number of hydrogen-bond acceptors (Lipinski definition) is 4. The summed E-state index contributed by atoms with van der Waals surface area (Å²) in [5.74, 6) is -0.529. The Morgan fingerprint density at radius 2 is 2.17 bits per heavy atom. The van der Waals surface area contributed by atoms with E-state index in [9.17, 15) is 9.18 Å². The van der Waals surface area contributed by atoms with Gasteiger partial charge in [-0.25, -0.2) is 9.37 Å². The predicted octanol–water partition coefficient (Wildman–Crippen LogP) is 1.07. The fourth-order valence-corrected chi connectivity index (χ4v) is 2.46. The summed E-state index contributed by atoms with van der Waals surface area (Å²) in [4.78, 5) is 15.1. The van der Waals surface area contributed by atoms with Crippen LogP contribution in [0.1, 0.15) is 12.8 Å². The van der Waals surface area contributed by atoms with Crippen LogP contribution in [0.5, 0.6) is 0 Å². The molecule has 3 aromatic rings. The maximum Gasteiger partial charge on any atom is 0.303 e. The number of carboxylic acid groups (broad SMARTS) is 1. The number of aromatic nitrogens is 3. The van der Waals surface area contributed by atoms with Crippen LogP contribution < -0.4 is 10.8 Å². The van der Waals surface area contributed by atoms with Gasteiger partial charge in [-0.1, -0.05) is 12.1 Å². The first-order valence-electron chi connectivity index (χ1n) is 7.62. The molecule has 0 saturated carbocycles. The maximum absolute atomic E-state index is 14.1. The largest absolute Gasteiger partial charge is 0.481 e. The van der Waals surface area contributed by atoms with E-state index in [0.717, 1.165) is 5.46 Å². The van der Waals surface area contributed by atoms with Crippen LogP contribution in [0.3, 0.4) is 0 Å². The molecule has 3 rings (SSSR count). The first kappa shape index (κ1) is 16.0. The van der Waals surface area contributed by atoms with Crippen LogP contribution in [0, 0.1) is 5.82 Å². The van der Waals surface area contributed by atoms with Gasteiger partial charge in [-0.2, -0.15) is 9.61 Å². The second-order valence-corrected chi connectivity index (χ2v) is 5.49. The number of benzene rings is 1. The van der Waals surface area contributed by atoms with Gasteiger partial charge in [-0.3, -0.25) is 4.79 Å². The summed E-state index contributed by atoms with van der Waals surface area (Å²) in [7, 11) is 1.88. The van der Waals surface area contributed by atoms with Gasteiger partial charge in [0, 0.05) is 30.8 Å². The average Bonchev–Trinajstić information content (AvgIpc) is 2.93. The number of anilines is 1. The Hall–Kier alpha value is -2.90. The molecule has 24 heavy (non-hydrogen) atoms. The summed E-state index contributed by atoms with van der Waals surface area (Å²) < 4.78 is 15.7. The van der Waals surface area contributed by atoms with E-state index in [1.165, 1.54) is 6.07 Å². The lowest BCUT2D eigenvalue weighted by atomic mass is 10.0. The van der Waals surface area contributed by atoms with Crippen LogP contribution in [0.4, 0.5) is 10.2 Å². The maximum atomic E-state index is 14.1. The van der Waals surface area contributed by atoms with Gasteiger partial charge in [0.25, 0.3) is 0 Å². The Balaban J connectivity index is 1.98. The van der Waals surface area contributed by atoms with E-state index < -0.39 is 5.97 Å². The molecule has 0 aliphatic heterocycles. The molecule has 0 fully saturated rings. The molecule has 122 valence electrons. The average molecular weight is 326 g/mol. The van der Waals surface area contributed by atoms with Crippen LogP contribution in [0.2, 0.25) is 0 Å². The lowest BCUT2D eigenvalue weighted by Crippen LogP contribution is -2.11. The number of aliphatic carboxylic acids is 1. The topological polar surface area (TPSA) is 79.5 Å². The smallest absolute Gasteiger partial charge is 0.303 e. The highest BCUT2D eigenvalue weighted by Gasteiger charge is 2.12. The molecule has 0 bridgehead atoms. The van der Waals surface area contributed by atoms with Gasteiger partial charge in [0.05, 0.1) is 5.69 Å². The molecule has 0 aliphatic rings. The van der Waals surface area contributed by atoms with Crippen molar-refractivity contribution < 1.29 is 14.3 Å². The first-order valence-corrected chi connectivity index (χ1v) is 7.62. The van der Waals surface area contributed by atoms with Crippen molar-refractivity contribution in [3.05, 3.63) is 42.3 Å². The Labute approximate surface area is 138 Å². The zero-order valence-corrected chi connectivity index (χ0v) is 13.2. The fraction of sp³-hybridized carbons (Fsp3) is 0.188. The molecule has 6 nitrogen and oxygen atoms in total. The van der Waals surface area contributed by atoms with Crippen LogP contribution in [-0.2, 0) is 4.79 Å². The number of nitrogens with one attached hydrogen (secondary N) is 1. The van der Waals surface area contributed by atoms with Crippen LogP contribution >= 0.6 is 0 Å². The third-order valence-electron chi connectivity index (χ3n) is 3.67. The third kappa shape index (κ3) is 3.22. The zero-order chi connectivity index (χ0) is 17.1. The molecule has 1 aromatic carbocycles. The highest BCUT2D eigenvalue weighted by molar-refractivity contribution is 6.36. The van der Waals surface area contributed by atoms with E-state index in [-0.39, 0.29) is 12.2 Å². The van der Waals surface area contributed by atoms with Gasteiger partial charge in [-0.15, -0.1) is 0 Å². The second kappa shape index (κ2) is 6.70. The van der Waals surface area contributed by atoms with Gasteiger partial charge in [0.15, 0.2) is 5.65 Å². The van der Waals surface area contributed by atoms with Crippen LogP contribution in [0.25, 0.3) is 16.9 Å². The third-order valence-corrected chi connectivity index (χ3v) is 3.67. The van der Waals surface area contributed by atoms with Gasteiger partial charge in [0.2, 0.25) is 0 Å². The van der Waals surface area contributed by atoms with Gasteiger partial charge < -0.3 is 10.4 Å². The Bertz CT molecular complexity index is 897. The summed E-state index contributed by atoms with van der Waals surface area (Å²) in [5.41, 5.74) is 2.43. The molecule has 2 N–H and O–H groups in total. The molecule has 0 atom stereocenters. The minimum Gasteiger partial charge on any atom is -0.481 e. The van der Waals surface area contributed by atoms with E-state index >= 15 is 0 Å². The number of nitrogens with zero attached hydrogens (tertiary/aromatic N) is 3. The number of fused-ring (bicyclic) bond motifs is 1. The van der Waals surface area contributed by atoms with Crippen molar-refractivity contribution in [2.45, 2.75) is 12.8 Å². The summed E-state index contributed by atoms with van der Waals surface area (Å²) >= 11 is 0. The minimum atomic E-state index is -0.835. The molecular formula is C16H16BFN4O2. The summed E-state index contributed by atoms with van der Waals surface area (Å²) in [5, 5.41) is 16.1. The van der Waals surface area contributed by atoms with Crippen molar-refractivity contribution in [3.8, 4) is 11.3 Å². The van der Waals surface area contributed by atoms with E-state index in [0.29, 0.717) is 35.7 Å². The molecule has 0 unspecified atom stereocenters. The summed E-state index contributed by atoms with van der Waals surface area (Å²) in [6, 6.07) is 8.18. The Morgan fingerprint density at radius 3 is 2.92 bits per heavy atom. The van der Waals surface area contributed by atoms with Crippen molar-refractivity contribution in [2.24, 2.45) is 0 Å². The molecule has 0 saturated heterocycles. The lowest BCUT2D eigenvalue weighted by Gasteiger charge is -2.11. The van der Waals surface area contributed by atoms with E-state index in [1.807, 2.05) is 7.85 Å². The number of hydrogen-bond donors (Lipinski definition) is 2. The van der Waals surface area contributed by atoms with Crippen molar-refractivity contribution in [3.63, 3.8) is 0 Å². The first-order chi connectivity index (χ1) is 11.6. The molecule has 0 radical (unpaired) electrons. The molecular weight excluding hydrogens is 310 g/mol. The monoisotopic (exact) mass is 326 g/mol. The lowest BCUT2D eigenvalue weighted by molar-refractivity contribution is -0.137. The Kier molecular flexibility index (Phi) is 4.46. The van der Waals surface area contributed by atoms with Crippen molar-refractivity contribution in [1.82, 2.24) is 14.6 Å². The fourth-order valence-electron chi connectivity index (χ4n) is 2.46. The Morgan fingerprint density at radius 1 is 1.38 bits per heavy atom. The minimum absolute atomic E-state index is 0.0829. The summed E-state index contributed by atoms with van der Waals surface area (Å²) in [6.07, 6.45) is 2.25. The number of carbonyl (C=O) groups is 1. The van der Waals surface area contributed by atoms with Crippen LogP contribution in [-0.4, -0.2) is 40.1 Å². The van der Waals surface area contributed by atoms with Crippen molar-refractivity contribution in [2.75, 3.05) is 11.9 Å². The zero-order valence-electron chi connectivity index (χ0n) is 13.2. The normalized spacial score (nSPS) is 10.9. The van der Waals surface area contributed by atoms with E-state index in [1.54, 1.807) is 35.0 Å². The summed E-state index contributed by atoms with van der Waals surface area (Å²) in [6.45, 7) is 0.473. The number of rotatable bonds is 6. The predicted molar refractivity (Wildman–Crippen MR) is 91.9 cm³/mol. The van der Waals surface area contributed by atoms with Crippen LogP contribution in [0.15, 0.2) is 36.5 Å². The highest BCUT2D eigenvalue weighted by atomic mass is 19.1. The molecule has 0 aliphatic carbocycles. The molecule has 2 aromatic heterocycles. The van der Waals surface area contributed by atoms with E-state index in [4.69, 9.17) is 5.11 Å². The molecule has 0 amide bonds. The number of carboxylic acids is 1. The highest BCUT2D eigenvalue weighted by Crippen LogP contribution is 2.24. The quantitative estimate of drug-likeness (QED) is 0.523. The van der Waals surface area contributed by atoms with Crippen molar-refractivity contribution in [1.29, 1.82) is 0 Å². The number of halogens is 1. The van der Waals surface area contributed by atoms with Gasteiger partial charge in [0.1, 0.15) is 19.5 Å². The molecule has 2 heterocycles. The van der Waals surface area contributed by atoms with Crippen molar-refractivity contribution >= 4 is 30.7 Å². The second-order valence-electron chi connectivity index (χ2n) is 5.49. The van der Waals surface area contributed by atoms with Gasteiger partial charge >= 0.3 is 5.97 Å². The van der Waals surface area contributed by atoms with E-state index in [2.05, 4.69) is 15.4 Å². The van der Waals surface area contributed by atoms with Gasteiger partial charge in [-0.05, 0) is 24.0 Å². The molecule has 0 spiro atoms.